The van der Waals surface area contributed by atoms with Crippen LogP contribution in [0.2, 0.25) is 0 Å². The summed E-state index contributed by atoms with van der Waals surface area (Å²) in [6.45, 7) is -4.68. The van der Waals surface area contributed by atoms with Crippen molar-refractivity contribution in [2.45, 2.75) is 366 Å². The number of hydrogen-bond acceptors (Lipinski definition) is 53. The van der Waals surface area contributed by atoms with Crippen molar-refractivity contribution in [3.8, 4) is 0 Å². The Morgan fingerprint density at radius 3 is 1.08 bits per heavy atom. The van der Waals surface area contributed by atoms with E-state index in [0.717, 1.165) is 20.8 Å². The van der Waals surface area contributed by atoms with Crippen LogP contribution in [0.4, 0.5) is 0 Å². The highest BCUT2D eigenvalue weighted by atomic mass is 16.8. The molecule has 0 aromatic heterocycles. The summed E-state index contributed by atoms with van der Waals surface area (Å²) >= 11 is 0. The topological polar surface area (TPSA) is 868 Å². The molecule has 11 aliphatic rings. The standard InChI is InChI=1S/C71H119N3O53/c1-15-32(84)42(94)49(101)64(111-15)108-13-27-39(91)56(123-68-52(104)45(97)36(88)22(7-76)115-68)31(74-19(5)82)63(118-27)126-59-47(99)38(90)26(12-109-65-50(102)44(96)35(87)21(6-75)114-65)119-70(59)110-14-28-40(92)58(125-69-53(105)46(98)37(89)23(8-77)116-69)60(127-66-48(100)34(86)20(83)11-107-66)71(120-28)121-54-24(9-78)117-62(29(41(54)93)72-17(3)80)122-55-25(10-79)113-61(106)30(73-18(4)81)57(55)124-67-51(103)43(95)33(85)16(2)112-67/h15-16,20-71,75-79,83-106H,6-14H2,1-5H3,(H,72,80)(H,73,81)(H,74,82)/t15-,16-,20+,21+,22+,23+,24+,25+,26+,27+,28+,29+,30+,31+,32+,33+,34-,35+,36-,37+,38+,39+,40+,41+,42+,43+,44-,45-,46-,47-,48+,49-,50-,51-,52+,53-,54+,55+,56+,57+,58-,59-,60-,61?,62-,63-,64+,65-,66-,67-,68-,69+,70-,71-/m0/s1. The van der Waals surface area contributed by atoms with Gasteiger partial charge in [0.15, 0.2) is 69.2 Å². The fourth-order valence-electron chi connectivity index (χ4n) is 16.4. The quantitative estimate of drug-likeness (QED) is 0.0306. The van der Waals surface area contributed by atoms with Crippen LogP contribution in [0.3, 0.4) is 0 Å². The molecule has 11 heterocycles. The summed E-state index contributed by atoms with van der Waals surface area (Å²) in [7, 11) is 0. The monoisotopic (exact) mass is 1860 g/mol. The first-order valence-corrected chi connectivity index (χ1v) is 40.8. The highest BCUT2D eigenvalue weighted by Crippen LogP contribution is 2.42. The second-order valence-corrected chi connectivity index (χ2v) is 32.6. The zero-order chi connectivity index (χ0) is 93.2. The van der Waals surface area contributed by atoms with E-state index in [-0.39, 0.29) is 0 Å². The molecule has 1 unspecified atom stereocenters. The third-order valence-electron chi connectivity index (χ3n) is 23.7. The van der Waals surface area contributed by atoms with E-state index in [4.69, 9.17) is 99.5 Å². The maximum absolute atomic E-state index is 13.5. The zero-order valence-corrected chi connectivity index (χ0v) is 68.3. The van der Waals surface area contributed by atoms with Crippen LogP contribution >= 0.6 is 0 Å². The summed E-state index contributed by atoms with van der Waals surface area (Å²) in [6, 6.07) is -5.98. The van der Waals surface area contributed by atoms with Crippen molar-refractivity contribution in [3.05, 3.63) is 0 Å². The molecule has 3 amide bonds. The van der Waals surface area contributed by atoms with Crippen LogP contribution in [0.25, 0.3) is 0 Å². The molecule has 56 heteroatoms. The zero-order valence-electron chi connectivity index (χ0n) is 68.3. The summed E-state index contributed by atoms with van der Waals surface area (Å²) in [4.78, 5) is 39.8. The van der Waals surface area contributed by atoms with Gasteiger partial charge in [0.2, 0.25) is 17.7 Å². The van der Waals surface area contributed by atoms with E-state index in [1.165, 1.54) is 13.8 Å². The first kappa shape index (κ1) is 104. The van der Waals surface area contributed by atoms with E-state index in [0.29, 0.717) is 0 Å². The second kappa shape index (κ2) is 44.9. The molecule has 11 saturated heterocycles. The van der Waals surface area contributed by atoms with Crippen molar-refractivity contribution >= 4 is 17.7 Å². The molecular weight excluding hydrogens is 1740 g/mol. The number of carbonyl (C=O) groups excluding carboxylic acids is 3. The highest BCUT2D eigenvalue weighted by molar-refractivity contribution is 5.74. The van der Waals surface area contributed by atoms with Gasteiger partial charge in [0.05, 0.1) is 71.7 Å². The van der Waals surface area contributed by atoms with E-state index in [2.05, 4.69) is 16.0 Å². The first-order chi connectivity index (χ1) is 60.0. The smallest absolute Gasteiger partial charge is 0.217 e. The number of ether oxygens (including phenoxy) is 21. The molecule has 32 N–H and O–H groups in total. The number of aliphatic hydroxyl groups excluding tert-OH is 29. The Morgan fingerprint density at radius 1 is 0.252 bits per heavy atom. The molecule has 736 valence electrons. The van der Waals surface area contributed by atoms with Crippen LogP contribution in [0.5, 0.6) is 0 Å². The highest BCUT2D eigenvalue weighted by Gasteiger charge is 2.62. The van der Waals surface area contributed by atoms with Gasteiger partial charge in [0.25, 0.3) is 0 Å². The van der Waals surface area contributed by atoms with Gasteiger partial charge in [-0.25, -0.2) is 0 Å². The molecule has 56 nitrogen and oxygen atoms in total. The van der Waals surface area contributed by atoms with Gasteiger partial charge in [-0.05, 0) is 13.8 Å². The molecule has 54 atom stereocenters. The Morgan fingerprint density at radius 2 is 0.575 bits per heavy atom. The van der Waals surface area contributed by atoms with Crippen LogP contribution in [-0.2, 0) is 114 Å². The van der Waals surface area contributed by atoms with E-state index in [1.807, 2.05) is 0 Å². The van der Waals surface area contributed by atoms with Crippen molar-refractivity contribution in [1.29, 1.82) is 0 Å². The van der Waals surface area contributed by atoms with Crippen molar-refractivity contribution in [2.75, 3.05) is 59.5 Å². The van der Waals surface area contributed by atoms with E-state index >= 15 is 0 Å². The Hall–Kier alpha value is -3.59. The molecule has 127 heavy (non-hydrogen) atoms. The maximum Gasteiger partial charge on any atom is 0.217 e. The lowest BCUT2D eigenvalue weighted by Crippen LogP contribution is -2.71. The number of amides is 3. The minimum Gasteiger partial charge on any atom is -0.394 e. The lowest BCUT2D eigenvalue weighted by atomic mass is 9.93. The maximum atomic E-state index is 13.5. The first-order valence-electron chi connectivity index (χ1n) is 40.8. The summed E-state index contributed by atoms with van der Waals surface area (Å²) in [5, 5.41) is 332. The molecule has 0 saturated carbocycles. The summed E-state index contributed by atoms with van der Waals surface area (Å²) in [5.74, 6) is -2.95. The van der Waals surface area contributed by atoms with Gasteiger partial charge in [-0.3, -0.25) is 14.4 Å². The van der Waals surface area contributed by atoms with Crippen molar-refractivity contribution in [1.82, 2.24) is 16.0 Å². The Labute approximate surface area is 719 Å². The number of hydrogen-bond donors (Lipinski definition) is 32. The lowest BCUT2D eigenvalue weighted by Gasteiger charge is -2.52. The molecule has 0 bridgehead atoms. The minimum atomic E-state index is -2.58. The number of carbonyl (C=O) groups is 3. The molecular formula is C71H119N3O53. The van der Waals surface area contributed by atoms with Gasteiger partial charge < -0.3 is 264 Å². The predicted molar refractivity (Wildman–Crippen MR) is 388 cm³/mol. The molecule has 11 rings (SSSR count). The number of aliphatic hydroxyl groups is 29. The minimum absolute atomic E-state index is 0.868. The number of rotatable bonds is 31. The molecule has 11 fully saturated rings. The van der Waals surface area contributed by atoms with Crippen LogP contribution in [0, 0.1) is 0 Å². The van der Waals surface area contributed by atoms with E-state index in [9.17, 15) is 162 Å². The fraction of sp³-hybridized carbons (Fsp3) is 0.958. The average Bonchev–Trinajstić information content (AvgIpc) is 0.761. The summed E-state index contributed by atoms with van der Waals surface area (Å²) < 4.78 is 127. The normalized spacial score (nSPS) is 51.4. The Kier molecular flexibility index (Phi) is 36.8. The molecule has 11 aliphatic heterocycles. The Bertz CT molecular complexity index is 3420. The SMILES string of the molecule is CC(=O)N[C@H]1[C@H](O[C@H]2[C@H](O[C@@H]3O[C@@H](C)[C@@H](O)[C@@H](O)[C@@H]3O)[C@@H](NC(C)=O)C(O)O[C@@H]2CO)O[C@H](CO)[C@@H](O[C@@H]2O[C@H](CO[C@H]3O[C@H](CO[C@H]4O[C@H](CO)[C@@H](O)[C@H](O)[C@@H]4O)[C@@H](O)[C@H](O)[C@@H]3O[C@@H]3O[C@H](CO[C@@H]4O[C@@H](C)[C@@H](O)[C@@H](O)[C@@H]4O)[C@@H](O)[C@H](O[C@@H]4O[C@H](CO)[C@H](O)[C@H](O)[C@H]4O)[C@H]3NC(C)=O)[C@@H](O)[C@H](O[C@H]3O[C@H](CO)[C@@H](O)[C@H](O)[C@@H]3O)[C@@H]2O[C@@H]2OC[C@@H](O)[C@H](O)[C@H]2O)[C@@H]1O. The van der Waals surface area contributed by atoms with Gasteiger partial charge >= 0.3 is 0 Å². The van der Waals surface area contributed by atoms with Crippen LogP contribution < -0.4 is 16.0 Å². The van der Waals surface area contributed by atoms with Gasteiger partial charge in [-0.1, -0.05) is 0 Å². The lowest BCUT2D eigenvalue weighted by molar-refractivity contribution is -0.407. The summed E-state index contributed by atoms with van der Waals surface area (Å²) in [6.07, 6.45) is -108. The third-order valence-corrected chi connectivity index (χ3v) is 23.7. The molecule has 0 aliphatic carbocycles. The van der Waals surface area contributed by atoms with E-state index < -0.39 is 409 Å². The van der Waals surface area contributed by atoms with Gasteiger partial charge in [0, 0.05) is 20.8 Å². The Balaban J connectivity index is 0.988. The van der Waals surface area contributed by atoms with Crippen LogP contribution in [0.1, 0.15) is 34.6 Å². The largest absolute Gasteiger partial charge is 0.394 e. The molecule has 0 aromatic carbocycles. The average molecular weight is 1860 g/mol. The second-order valence-electron chi connectivity index (χ2n) is 32.6. The van der Waals surface area contributed by atoms with Gasteiger partial charge in [-0.2, -0.15) is 0 Å². The molecule has 0 spiro atoms. The van der Waals surface area contributed by atoms with Crippen LogP contribution in [-0.4, -0.2) is 557 Å². The van der Waals surface area contributed by atoms with Gasteiger partial charge in [-0.15, -0.1) is 0 Å². The third kappa shape index (κ3) is 22.9. The van der Waals surface area contributed by atoms with Crippen molar-refractivity contribution < 1.29 is 262 Å². The summed E-state index contributed by atoms with van der Waals surface area (Å²) in [5.41, 5.74) is 0. The van der Waals surface area contributed by atoms with Crippen molar-refractivity contribution in [2.24, 2.45) is 0 Å². The molecule has 0 radical (unpaired) electrons. The fourth-order valence-corrected chi connectivity index (χ4v) is 16.4. The van der Waals surface area contributed by atoms with Crippen molar-refractivity contribution in [3.63, 3.8) is 0 Å². The van der Waals surface area contributed by atoms with E-state index in [1.54, 1.807) is 0 Å². The van der Waals surface area contributed by atoms with Gasteiger partial charge in [0.1, 0.15) is 250 Å². The predicted octanol–water partition coefficient (Wildman–Crippen LogP) is -21.9. The molecule has 0 aromatic rings. The number of nitrogens with one attached hydrogen (secondary N) is 3. The van der Waals surface area contributed by atoms with Crippen LogP contribution in [0.15, 0.2) is 0 Å².